The Kier molecular flexibility index (Phi) is 9.89. The Morgan fingerprint density at radius 1 is 0.960 bits per heavy atom. The summed E-state index contributed by atoms with van der Waals surface area (Å²) in [6.45, 7) is 5.85. The van der Waals surface area contributed by atoms with Crippen LogP contribution in [0.4, 0.5) is 0 Å². The fourth-order valence-corrected chi connectivity index (χ4v) is 3.11. The molecule has 1 aromatic rings. The predicted molar refractivity (Wildman–Crippen MR) is 95.8 cm³/mol. The van der Waals surface area contributed by atoms with Crippen LogP contribution in [0.1, 0.15) is 37.0 Å². The van der Waals surface area contributed by atoms with E-state index in [1.807, 2.05) is 0 Å². The van der Waals surface area contributed by atoms with Crippen molar-refractivity contribution in [1.82, 2.24) is 0 Å². The van der Waals surface area contributed by atoms with Crippen LogP contribution in [0.3, 0.4) is 0 Å². The zero-order valence-corrected chi connectivity index (χ0v) is 16.0. The summed E-state index contributed by atoms with van der Waals surface area (Å²) in [5.41, 5.74) is 0.519. The summed E-state index contributed by atoms with van der Waals surface area (Å²) in [5.74, 6) is -0.0200. The Balaban J connectivity index is 2.29. The molecular weight excluding hydrogens is 344 g/mol. The zero-order chi connectivity index (χ0) is 18.7. The maximum absolute atomic E-state index is 12.1. The van der Waals surface area contributed by atoms with Crippen LogP contribution in [0.5, 0.6) is 0 Å². The summed E-state index contributed by atoms with van der Waals surface area (Å²) >= 11 is 0. The highest BCUT2D eigenvalue weighted by Gasteiger charge is 2.19. The van der Waals surface area contributed by atoms with Gasteiger partial charge < -0.3 is 14.2 Å². The maximum atomic E-state index is 12.1. The largest absolute Gasteiger partial charge is 0.382 e. The number of methoxy groups -OCH3 is 1. The average Bonchev–Trinajstić information content (AvgIpc) is 2.60. The molecule has 0 saturated heterocycles. The number of Topliss-reactive ketones (excluding diaryl/α,β-unsaturated/α-hetero) is 1. The van der Waals surface area contributed by atoms with Gasteiger partial charge >= 0.3 is 0 Å². The molecule has 25 heavy (non-hydrogen) atoms. The first-order valence-corrected chi connectivity index (χ1v) is 9.95. The number of sulfone groups is 1. The molecule has 0 unspecified atom stereocenters. The van der Waals surface area contributed by atoms with Crippen molar-refractivity contribution in [2.75, 3.05) is 40.1 Å². The molecule has 0 radical (unpaired) electrons. The second-order valence-electron chi connectivity index (χ2n) is 5.86. The second kappa shape index (κ2) is 11.4. The minimum absolute atomic E-state index is 0.0200. The highest BCUT2D eigenvalue weighted by molar-refractivity contribution is 7.92. The van der Waals surface area contributed by atoms with E-state index < -0.39 is 15.1 Å². The Bertz CT molecular complexity index is 607. The van der Waals surface area contributed by atoms with Crippen LogP contribution in [-0.2, 0) is 24.0 Å². The van der Waals surface area contributed by atoms with E-state index in [1.54, 1.807) is 33.1 Å². The van der Waals surface area contributed by atoms with Crippen molar-refractivity contribution >= 4 is 15.6 Å². The van der Waals surface area contributed by atoms with Crippen LogP contribution in [-0.4, -0.2) is 59.6 Å². The molecule has 0 spiro atoms. The van der Waals surface area contributed by atoms with Gasteiger partial charge in [0.1, 0.15) is 0 Å². The highest BCUT2D eigenvalue weighted by Crippen LogP contribution is 2.17. The highest BCUT2D eigenvalue weighted by atomic mass is 32.2. The van der Waals surface area contributed by atoms with Gasteiger partial charge in [-0.1, -0.05) is 12.1 Å². The average molecular weight is 372 g/mol. The van der Waals surface area contributed by atoms with Crippen LogP contribution in [0.2, 0.25) is 0 Å². The van der Waals surface area contributed by atoms with E-state index in [-0.39, 0.29) is 10.7 Å². The van der Waals surface area contributed by atoms with Gasteiger partial charge in [-0.25, -0.2) is 8.42 Å². The second-order valence-corrected chi connectivity index (χ2v) is 8.37. The van der Waals surface area contributed by atoms with Gasteiger partial charge in [0.25, 0.3) is 0 Å². The first kappa shape index (κ1) is 21.8. The van der Waals surface area contributed by atoms with Crippen molar-refractivity contribution < 1.29 is 27.4 Å². The van der Waals surface area contributed by atoms with Crippen LogP contribution in [0, 0.1) is 0 Å². The molecule has 1 aromatic carbocycles. The molecule has 7 heteroatoms. The molecule has 1 rings (SSSR count). The Hall–Kier alpha value is -1.28. The van der Waals surface area contributed by atoms with E-state index in [1.165, 1.54) is 12.1 Å². The van der Waals surface area contributed by atoms with Crippen LogP contribution in [0.25, 0.3) is 0 Å². The van der Waals surface area contributed by atoms with Crippen LogP contribution >= 0.6 is 0 Å². The Morgan fingerprint density at radius 2 is 1.52 bits per heavy atom. The number of ether oxygens (including phenoxy) is 3. The fraction of sp³-hybridized carbons (Fsp3) is 0.611. The maximum Gasteiger partial charge on any atom is 0.180 e. The van der Waals surface area contributed by atoms with Crippen LogP contribution < -0.4 is 0 Å². The van der Waals surface area contributed by atoms with E-state index in [4.69, 9.17) is 14.2 Å². The number of benzene rings is 1. The molecule has 0 aromatic heterocycles. The molecule has 0 aliphatic carbocycles. The van der Waals surface area contributed by atoms with E-state index >= 15 is 0 Å². The third kappa shape index (κ3) is 7.64. The topological polar surface area (TPSA) is 78.9 Å². The van der Waals surface area contributed by atoms with Crippen molar-refractivity contribution in [3.05, 3.63) is 29.8 Å². The number of ketones is 1. The molecule has 0 amide bonds. The van der Waals surface area contributed by atoms with E-state index in [0.717, 1.165) is 0 Å². The minimum Gasteiger partial charge on any atom is -0.382 e. The minimum atomic E-state index is -3.31. The van der Waals surface area contributed by atoms with Gasteiger partial charge in [0.05, 0.1) is 36.6 Å². The number of hydrogen-bond donors (Lipinski definition) is 0. The van der Waals surface area contributed by atoms with Crippen molar-refractivity contribution in [2.45, 2.75) is 36.8 Å². The molecular formula is C18H28O6S. The van der Waals surface area contributed by atoms with E-state index in [2.05, 4.69) is 0 Å². The van der Waals surface area contributed by atoms with Gasteiger partial charge in [-0.15, -0.1) is 0 Å². The first-order valence-electron chi connectivity index (χ1n) is 8.41. The summed E-state index contributed by atoms with van der Waals surface area (Å²) in [7, 11) is -1.69. The fourth-order valence-electron chi connectivity index (χ4n) is 2.05. The Labute approximate surface area is 150 Å². The summed E-state index contributed by atoms with van der Waals surface area (Å²) in [6.07, 6.45) is 0.976. The number of carbonyl (C=O) groups is 1. The summed E-state index contributed by atoms with van der Waals surface area (Å²) in [6, 6.07) is 6.14. The van der Waals surface area contributed by atoms with Gasteiger partial charge in [0.15, 0.2) is 15.6 Å². The standard InChI is InChI=1S/C18H28O6S/c1-15(2)25(20,21)17-8-6-16(7-9-17)18(19)5-4-10-23-13-14-24-12-11-22-3/h6-9,15H,4-5,10-14H2,1-3H3. The lowest BCUT2D eigenvalue weighted by Crippen LogP contribution is -2.14. The smallest absolute Gasteiger partial charge is 0.180 e. The molecule has 0 bridgehead atoms. The molecule has 142 valence electrons. The zero-order valence-electron chi connectivity index (χ0n) is 15.2. The summed E-state index contributed by atoms with van der Waals surface area (Å²) < 4.78 is 39.6. The molecule has 0 atom stereocenters. The van der Waals surface area contributed by atoms with E-state index in [0.29, 0.717) is 51.4 Å². The number of hydrogen-bond acceptors (Lipinski definition) is 6. The molecule has 0 heterocycles. The first-order chi connectivity index (χ1) is 11.9. The van der Waals surface area contributed by atoms with Crippen molar-refractivity contribution in [3.63, 3.8) is 0 Å². The lowest BCUT2D eigenvalue weighted by atomic mass is 10.1. The monoisotopic (exact) mass is 372 g/mol. The van der Waals surface area contributed by atoms with Crippen molar-refractivity contribution in [3.8, 4) is 0 Å². The Morgan fingerprint density at radius 3 is 2.08 bits per heavy atom. The van der Waals surface area contributed by atoms with Crippen LogP contribution in [0.15, 0.2) is 29.2 Å². The number of carbonyl (C=O) groups excluding carboxylic acids is 1. The van der Waals surface area contributed by atoms with Gasteiger partial charge in [-0.05, 0) is 32.4 Å². The normalized spacial score (nSPS) is 11.8. The summed E-state index contributed by atoms with van der Waals surface area (Å²) in [4.78, 5) is 12.3. The van der Waals surface area contributed by atoms with Gasteiger partial charge in [-0.2, -0.15) is 0 Å². The van der Waals surface area contributed by atoms with Crippen molar-refractivity contribution in [1.29, 1.82) is 0 Å². The lowest BCUT2D eigenvalue weighted by Gasteiger charge is -2.08. The lowest BCUT2D eigenvalue weighted by molar-refractivity contribution is 0.0240. The number of rotatable bonds is 13. The van der Waals surface area contributed by atoms with Gasteiger partial charge in [-0.3, -0.25) is 4.79 Å². The molecule has 6 nitrogen and oxygen atoms in total. The SMILES string of the molecule is COCCOCCOCCCC(=O)c1ccc(S(=O)(=O)C(C)C)cc1. The van der Waals surface area contributed by atoms with Gasteiger partial charge in [0.2, 0.25) is 0 Å². The quantitative estimate of drug-likeness (QED) is 0.391. The van der Waals surface area contributed by atoms with Gasteiger partial charge in [0, 0.05) is 25.7 Å². The third-order valence-corrected chi connectivity index (χ3v) is 5.79. The molecule has 0 saturated carbocycles. The molecule has 0 aliphatic heterocycles. The third-order valence-electron chi connectivity index (χ3n) is 3.62. The van der Waals surface area contributed by atoms with Crippen molar-refractivity contribution in [2.24, 2.45) is 0 Å². The molecule has 0 N–H and O–H groups in total. The molecule has 0 fully saturated rings. The predicted octanol–water partition coefficient (Wildman–Crippen LogP) is 2.51. The summed E-state index contributed by atoms with van der Waals surface area (Å²) in [5, 5.41) is -0.482. The van der Waals surface area contributed by atoms with E-state index in [9.17, 15) is 13.2 Å². The molecule has 0 aliphatic rings.